The van der Waals surface area contributed by atoms with Crippen LogP contribution < -0.4 is 16.0 Å². The maximum absolute atomic E-state index is 13.6. The predicted octanol–water partition coefficient (Wildman–Crippen LogP) is 7.44. The van der Waals surface area contributed by atoms with Crippen LogP contribution in [0.2, 0.25) is 15.1 Å². The van der Waals surface area contributed by atoms with Gasteiger partial charge in [-0.2, -0.15) is 0 Å². The van der Waals surface area contributed by atoms with E-state index in [9.17, 15) is 18.4 Å². The molecule has 4 rings (SSSR count). The molecular weight excluding hydrogens is 543 g/mol. The molecule has 0 radical (unpaired) electrons. The van der Waals surface area contributed by atoms with Crippen LogP contribution in [0.3, 0.4) is 0 Å². The minimum absolute atomic E-state index is 0.151. The standard InChI is InChI=1S/C27H20Cl3F2N3O2/c1-13-23(26(36)34-15-7-9-21(31)19(29)11-15)25(17-5-3-4-6-18(17)28)24(14(2)33-13)27(37)35-16-8-10-22(32)20(30)12-16/h3-12,25,33H,1-2H3,(H,34,36)(H,35,37). The van der Waals surface area contributed by atoms with E-state index in [-0.39, 0.29) is 32.6 Å². The van der Waals surface area contributed by atoms with Crippen LogP contribution in [-0.2, 0) is 9.59 Å². The second-order valence-electron chi connectivity index (χ2n) is 8.32. The molecule has 37 heavy (non-hydrogen) atoms. The Labute approximate surface area is 227 Å². The summed E-state index contributed by atoms with van der Waals surface area (Å²) in [5.74, 6) is -3.20. The van der Waals surface area contributed by atoms with Crippen LogP contribution in [0, 0.1) is 11.6 Å². The summed E-state index contributed by atoms with van der Waals surface area (Å²) < 4.78 is 27.3. The fourth-order valence-electron chi connectivity index (χ4n) is 4.16. The lowest BCUT2D eigenvalue weighted by Crippen LogP contribution is -2.35. The first-order valence-corrected chi connectivity index (χ1v) is 12.2. The molecule has 5 nitrogen and oxygen atoms in total. The van der Waals surface area contributed by atoms with Crippen molar-refractivity contribution >= 4 is 58.0 Å². The van der Waals surface area contributed by atoms with E-state index in [4.69, 9.17) is 34.8 Å². The molecule has 10 heteroatoms. The smallest absolute Gasteiger partial charge is 0.254 e. The Balaban J connectivity index is 1.77. The summed E-state index contributed by atoms with van der Waals surface area (Å²) in [5, 5.41) is 8.59. The fraction of sp³-hybridized carbons (Fsp3) is 0.111. The van der Waals surface area contributed by atoms with Crippen molar-refractivity contribution in [3.8, 4) is 0 Å². The highest BCUT2D eigenvalue weighted by Gasteiger charge is 2.37. The molecule has 1 heterocycles. The summed E-state index contributed by atoms with van der Waals surface area (Å²) >= 11 is 18.3. The molecule has 1 aliphatic rings. The van der Waals surface area contributed by atoms with Gasteiger partial charge in [-0.3, -0.25) is 9.59 Å². The van der Waals surface area contributed by atoms with E-state index in [1.165, 1.54) is 24.3 Å². The molecule has 0 fully saturated rings. The first-order chi connectivity index (χ1) is 17.6. The topological polar surface area (TPSA) is 70.2 Å². The first-order valence-electron chi connectivity index (χ1n) is 11.0. The molecule has 2 amide bonds. The molecule has 0 saturated heterocycles. The second-order valence-corrected chi connectivity index (χ2v) is 9.54. The number of hydrogen-bond donors (Lipinski definition) is 3. The summed E-state index contributed by atoms with van der Waals surface area (Å²) in [5.41, 5.74) is 2.50. The van der Waals surface area contributed by atoms with Crippen LogP contribution >= 0.6 is 34.8 Å². The number of allylic oxidation sites excluding steroid dienone is 2. The molecule has 1 aliphatic heterocycles. The third-order valence-corrected chi connectivity index (χ3v) is 6.74. The number of nitrogens with one attached hydrogen (secondary N) is 3. The average molecular weight is 563 g/mol. The van der Waals surface area contributed by atoms with Crippen molar-refractivity contribution < 1.29 is 18.4 Å². The number of halogens is 5. The number of anilines is 2. The van der Waals surface area contributed by atoms with Crippen LogP contribution in [0.15, 0.2) is 83.2 Å². The molecule has 3 aromatic rings. The van der Waals surface area contributed by atoms with Crippen molar-refractivity contribution in [2.45, 2.75) is 19.8 Å². The maximum atomic E-state index is 13.6. The quantitative estimate of drug-likeness (QED) is 0.303. The fourth-order valence-corrected chi connectivity index (χ4v) is 4.77. The number of amides is 2. The Kier molecular flexibility index (Phi) is 7.87. The Morgan fingerprint density at radius 3 is 1.62 bits per heavy atom. The lowest BCUT2D eigenvalue weighted by atomic mass is 9.79. The van der Waals surface area contributed by atoms with E-state index < -0.39 is 29.4 Å². The molecule has 0 atom stereocenters. The van der Waals surface area contributed by atoms with Crippen LogP contribution in [0.4, 0.5) is 20.2 Å². The Bertz CT molecular complexity index is 1400. The molecule has 0 saturated carbocycles. The molecule has 3 aromatic carbocycles. The van der Waals surface area contributed by atoms with Gasteiger partial charge in [0, 0.05) is 44.9 Å². The lowest BCUT2D eigenvalue weighted by Gasteiger charge is -2.32. The SMILES string of the molecule is CC1=C(C(=O)Nc2ccc(F)c(Cl)c2)C(c2ccccc2Cl)C(C(=O)Nc2ccc(F)c(Cl)c2)=C(C)N1. The van der Waals surface area contributed by atoms with Gasteiger partial charge in [0.05, 0.1) is 10.0 Å². The highest BCUT2D eigenvalue weighted by Crippen LogP contribution is 2.42. The zero-order valence-corrected chi connectivity index (χ0v) is 21.8. The van der Waals surface area contributed by atoms with Crippen molar-refractivity contribution in [1.82, 2.24) is 5.32 Å². The number of carbonyl (C=O) groups excluding carboxylic acids is 2. The van der Waals surface area contributed by atoms with Crippen LogP contribution in [0.25, 0.3) is 0 Å². The number of hydrogen-bond acceptors (Lipinski definition) is 3. The number of rotatable bonds is 5. The van der Waals surface area contributed by atoms with E-state index in [1.54, 1.807) is 38.1 Å². The maximum Gasteiger partial charge on any atom is 0.254 e. The monoisotopic (exact) mass is 561 g/mol. The number of benzene rings is 3. The normalized spacial score (nSPS) is 13.9. The van der Waals surface area contributed by atoms with Crippen LogP contribution in [0.1, 0.15) is 25.3 Å². The van der Waals surface area contributed by atoms with E-state index in [0.29, 0.717) is 22.0 Å². The van der Waals surface area contributed by atoms with Crippen LogP contribution in [0.5, 0.6) is 0 Å². The number of carbonyl (C=O) groups is 2. The van der Waals surface area contributed by atoms with E-state index in [2.05, 4.69) is 16.0 Å². The van der Waals surface area contributed by atoms with Crippen molar-refractivity contribution in [2.24, 2.45) is 0 Å². The third-order valence-electron chi connectivity index (χ3n) is 5.82. The van der Waals surface area contributed by atoms with Gasteiger partial charge in [0.15, 0.2) is 0 Å². The summed E-state index contributed by atoms with van der Waals surface area (Å²) in [6, 6.07) is 14.5. The predicted molar refractivity (Wildman–Crippen MR) is 143 cm³/mol. The highest BCUT2D eigenvalue weighted by atomic mass is 35.5. The highest BCUT2D eigenvalue weighted by molar-refractivity contribution is 6.32. The average Bonchev–Trinajstić information content (AvgIpc) is 2.83. The summed E-state index contributed by atoms with van der Waals surface area (Å²) in [6.45, 7) is 3.41. The van der Waals surface area contributed by atoms with E-state index in [0.717, 1.165) is 12.1 Å². The minimum atomic E-state index is -0.873. The second kappa shape index (κ2) is 10.9. The Morgan fingerprint density at radius 1 is 0.730 bits per heavy atom. The van der Waals surface area contributed by atoms with E-state index in [1.807, 2.05) is 0 Å². The third kappa shape index (κ3) is 5.64. The molecule has 190 valence electrons. The van der Waals surface area contributed by atoms with Gasteiger partial charge in [-0.25, -0.2) is 8.78 Å². The van der Waals surface area contributed by atoms with Gasteiger partial charge in [-0.1, -0.05) is 53.0 Å². The molecule has 3 N–H and O–H groups in total. The summed E-state index contributed by atoms with van der Waals surface area (Å²) in [6.07, 6.45) is 0. The minimum Gasteiger partial charge on any atom is -0.362 e. The van der Waals surface area contributed by atoms with Gasteiger partial charge in [0.1, 0.15) is 11.6 Å². The van der Waals surface area contributed by atoms with Crippen molar-refractivity contribution in [2.75, 3.05) is 10.6 Å². The van der Waals surface area contributed by atoms with Crippen LogP contribution in [-0.4, -0.2) is 11.8 Å². The Morgan fingerprint density at radius 2 is 1.19 bits per heavy atom. The molecule has 0 unspecified atom stereocenters. The Hall–Kier alpha value is -3.39. The molecule has 0 bridgehead atoms. The zero-order valence-electron chi connectivity index (χ0n) is 19.6. The molecule has 0 aliphatic carbocycles. The molecular formula is C27H20Cl3F2N3O2. The molecule has 0 aromatic heterocycles. The lowest BCUT2D eigenvalue weighted by molar-refractivity contribution is -0.113. The zero-order chi connectivity index (χ0) is 26.9. The van der Waals surface area contributed by atoms with Gasteiger partial charge in [0.25, 0.3) is 11.8 Å². The van der Waals surface area contributed by atoms with Gasteiger partial charge >= 0.3 is 0 Å². The van der Waals surface area contributed by atoms with Gasteiger partial charge in [-0.15, -0.1) is 0 Å². The largest absolute Gasteiger partial charge is 0.362 e. The number of dihydropyridines is 1. The van der Waals surface area contributed by atoms with Crippen molar-refractivity contribution in [1.29, 1.82) is 0 Å². The van der Waals surface area contributed by atoms with Crippen molar-refractivity contribution in [3.05, 3.63) is 115 Å². The van der Waals surface area contributed by atoms with Crippen molar-refractivity contribution in [3.63, 3.8) is 0 Å². The van der Waals surface area contributed by atoms with Gasteiger partial charge in [-0.05, 0) is 61.9 Å². The first kappa shape index (κ1) is 26.7. The molecule has 0 spiro atoms. The summed E-state index contributed by atoms with van der Waals surface area (Å²) in [7, 11) is 0. The van der Waals surface area contributed by atoms with E-state index >= 15 is 0 Å². The van der Waals surface area contributed by atoms with Gasteiger partial charge < -0.3 is 16.0 Å². The summed E-state index contributed by atoms with van der Waals surface area (Å²) in [4.78, 5) is 27.2. The van der Waals surface area contributed by atoms with Gasteiger partial charge in [0.2, 0.25) is 0 Å².